The molecule has 0 saturated heterocycles. The first-order valence-electron chi connectivity index (χ1n) is 14.3. The van der Waals surface area contributed by atoms with Gasteiger partial charge in [-0.05, 0) is 91.1 Å². The highest BCUT2D eigenvalue weighted by Gasteiger charge is 2.39. The fraction of sp³-hybridized carbons (Fsp3) is 0.806. The monoisotopic (exact) mass is 484 g/mol. The van der Waals surface area contributed by atoms with E-state index >= 15 is 0 Å². The van der Waals surface area contributed by atoms with Gasteiger partial charge in [0.15, 0.2) is 0 Å². The molecule has 2 fully saturated rings. The summed E-state index contributed by atoms with van der Waals surface area (Å²) in [7, 11) is -0.670. The molecule has 2 saturated carbocycles. The van der Waals surface area contributed by atoms with Crippen molar-refractivity contribution in [1.82, 2.24) is 0 Å². The van der Waals surface area contributed by atoms with E-state index in [1.807, 2.05) is 0 Å². The molecule has 2 aliphatic carbocycles. The van der Waals surface area contributed by atoms with Gasteiger partial charge in [0, 0.05) is 12.2 Å². The quantitative estimate of drug-likeness (QED) is 0.378. The summed E-state index contributed by atoms with van der Waals surface area (Å²) in [5.74, 6) is 3.80. The Bertz CT molecular complexity index is 774. The van der Waals surface area contributed by atoms with Gasteiger partial charge >= 0.3 is 7.32 Å². The summed E-state index contributed by atoms with van der Waals surface area (Å²) in [5, 5.41) is 0. The van der Waals surface area contributed by atoms with E-state index in [0.29, 0.717) is 11.8 Å². The molecule has 198 valence electrons. The first kappa shape index (κ1) is 28.6. The van der Waals surface area contributed by atoms with Crippen LogP contribution in [0.5, 0.6) is 5.75 Å². The minimum Gasteiger partial charge on any atom is -0.511 e. The third-order valence-electron chi connectivity index (χ3n) is 8.77. The Morgan fingerprint density at radius 2 is 1.06 bits per heavy atom. The molecule has 0 radical (unpaired) electrons. The second kappa shape index (κ2) is 11.2. The standard InChI is InChI=1S/C31H53BO3/c1-20-16-27(30(6,7)8)29(28(17-20)31(9,10)11)35-32(33-25-14-12-21(2)23(4)18-25)34-26-15-13-22(3)24(5)19-26/h16-17,21-26H,12-15,18-19H2,1-11H3. The van der Waals surface area contributed by atoms with Crippen LogP contribution < -0.4 is 4.65 Å². The predicted octanol–water partition coefficient (Wildman–Crippen LogP) is 8.64. The van der Waals surface area contributed by atoms with E-state index in [0.717, 1.165) is 43.3 Å². The Morgan fingerprint density at radius 3 is 1.40 bits per heavy atom. The summed E-state index contributed by atoms with van der Waals surface area (Å²) >= 11 is 0. The Hall–Kier alpha value is -0.995. The SMILES string of the molecule is Cc1cc(C(C)(C)C)c(OB(OC2CCC(C)C(C)C2)OC2CCC(C)C(C)C2)c(C(C)(C)C)c1. The van der Waals surface area contributed by atoms with E-state index in [4.69, 9.17) is 14.0 Å². The molecule has 6 atom stereocenters. The van der Waals surface area contributed by atoms with Gasteiger partial charge in [-0.3, -0.25) is 0 Å². The second-order valence-corrected chi connectivity index (χ2v) is 14.1. The van der Waals surface area contributed by atoms with Crippen molar-refractivity contribution in [2.24, 2.45) is 23.7 Å². The van der Waals surface area contributed by atoms with E-state index < -0.39 is 7.32 Å². The zero-order chi connectivity index (χ0) is 26.1. The topological polar surface area (TPSA) is 27.7 Å². The van der Waals surface area contributed by atoms with Crippen LogP contribution in [0, 0.1) is 30.6 Å². The number of aryl methyl sites for hydroxylation is 1. The Balaban J connectivity index is 1.94. The van der Waals surface area contributed by atoms with Crippen molar-refractivity contribution in [1.29, 1.82) is 0 Å². The Morgan fingerprint density at radius 1 is 0.657 bits per heavy atom. The number of rotatable bonds is 6. The molecule has 4 heteroatoms. The summed E-state index contributed by atoms with van der Waals surface area (Å²) in [6.45, 7) is 25.3. The fourth-order valence-electron chi connectivity index (χ4n) is 5.76. The van der Waals surface area contributed by atoms with E-state index in [2.05, 4.69) is 88.3 Å². The van der Waals surface area contributed by atoms with Crippen molar-refractivity contribution in [3.8, 4) is 5.75 Å². The van der Waals surface area contributed by atoms with E-state index in [9.17, 15) is 0 Å². The van der Waals surface area contributed by atoms with Crippen molar-refractivity contribution in [3.63, 3.8) is 0 Å². The summed E-state index contributed by atoms with van der Waals surface area (Å²) in [4.78, 5) is 0. The largest absolute Gasteiger partial charge is 0.713 e. The van der Waals surface area contributed by atoms with Crippen molar-refractivity contribution in [2.45, 2.75) is 138 Å². The minimum atomic E-state index is -0.670. The van der Waals surface area contributed by atoms with E-state index in [1.165, 1.54) is 29.5 Å². The molecule has 3 rings (SSSR count). The van der Waals surface area contributed by atoms with Crippen molar-refractivity contribution in [3.05, 3.63) is 28.8 Å². The van der Waals surface area contributed by atoms with Gasteiger partial charge in [-0.1, -0.05) is 86.9 Å². The zero-order valence-electron chi connectivity index (χ0n) is 24.7. The maximum Gasteiger partial charge on any atom is 0.713 e. The average Bonchev–Trinajstić information content (AvgIpc) is 2.73. The lowest BCUT2D eigenvalue weighted by Crippen LogP contribution is -2.42. The number of benzene rings is 1. The molecule has 0 aliphatic heterocycles. The van der Waals surface area contributed by atoms with Crippen LogP contribution >= 0.6 is 0 Å². The summed E-state index contributed by atoms with van der Waals surface area (Å²) in [6.07, 6.45) is 7.12. The van der Waals surface area contributed by atoms with Crippen LogP contribution in [0.15, 0.2) is 12.1 Å². The van der Waals surface area contributed by atoms with Crippen LogP contribution in [0.25, 0.3) is 0 Å². The Labute approximate surface area is 217 Å². The molecule has 0 bridgehead atoms. The summed E-state index contributed by atoms with van der Waals surface area (Å²) in [6, 6.07) is 4.58. The molecule has 0 aromatic heterocycles. The highest BCUT2D eigenvalue weighted by Crippen LogP contribution is 2.42. The first-order chi connectivity index (χ1) is 16.1. The maximum atomic E-state index is 6.87. The lowest BCUT2D eigenvalue weighted by molar-refractivity contribution is 0.00631. The number of hydrogen-bond acceptors (Lipinski definition) is 3. The highest BCUT2D eigenvalue weighted by atomic mass is 16.7. The van der Waals surface area contributed by atoms with Crippen LogP contribution in [-0.4, -0.2) is 19.5 Å². The molecule has 0 heterocycles. The molecule has 2 aliphatic rings. The van der Waals surface area contributed by atoms with Gasteiger partial charge in [0.2, 0.25) is 0 Å². The Kier molecular flexibility index (Phi) is 9.12. The van der Waals surface area contributed by atoms with Crippen LogP contribution in [0.1, 0.15) is 124 Å². The molecule has 6 unspecified atom stereocenters. The van der Waals surface area contributed by atoms with Crippen LogP contribution in [0.4, 0.5) is 0 Å². The highest BCUT2D eigenvalue weighted by molar-refractivity contribution is 6.37. The maximum absolute atomic E-state index is 6.87. The predicted molar refractivity (Wildman–Crippen MR) is 149 cm³/mol. The van der Waals surface area contributed by atoms with E-state index in [1.54, 1.807) is 0 Å². The summed E-state index contributed by atoms with van der Waals surface area (Å²) < 4.78 is 20.3. The molecule has 1 aromatic rings. The van der Waals surface area contributed by atoms with Gasteiger partial charge < -0.3 is 14.0 Å². The van der Waals surface area contributed by atoms with Crippen molar-refractivity contribution >= 4 is 7.32 Å². The van der Waals surface area contributed by atoms with Gasteiger partial charge in [0.1, 0.15) is 5.75 Å². The van der Waals surface area contributed by atoms with Gasteiger partial charge in [-0.15, -0.1) is 0 Å². The van der Waals surface area contributed by atoms with E-state index in [-0.39, 0.29) is 23.0 Å². The van der Waals surface area contributed by atoms with Crippen molar-refractivity contribution < 1.29 is 14.0 Å². The van der Waals surface area contributed by atoms with Gasteiger partial charge in [-0.2, -0.15) is 0 Å². The molecule has 3 nitrogen and oxygen atoms in total. The molecule has 0 N–H and O–H groups in total. The minimum absolute atomic E-state index is 0.0462. The third-order valence-corrected chi connectivity index (χ3v) is 8.77. The van der Waals surface area contributed by atoms with Crippen molar-refractivity contribution in [2.75, 3.05) is 0 Å². The number of hydrogen-bond donors (Lipinski definition) is 0. The van der Waals surface area contributed by atoms with Crippen LogP contribution in [-0.2, 0) is 20.1 Å². The zero-order valence-corrected chi connectivity index (χ0v) is 24.7. The smallest absolute Gasteiger partial charge is 0.511 e. The van der Waals surface area contributed by atoms with Gasteiger partial charge in [0.25, 0.3) is 0 Å². The molecule has 0 spiro atoms. The average molecular weight is 485 g/mol. The molecular formula is C31H53BO3. The molecular weight excluding hydrogens is 431 g/mol. The molecule has 0 amide bonds. The lowest BCUT2D eigenvalue weighted by atomic mass is 9.78. The van der Waals surface area contributed by atoms with Crippen LogP contribution in [0.2, 0.25) is 0 Å². The fourth-order valence-corrected chi connectivity index (χ4v) is 5.76. The normalized spacial score (nSPS) is 30.3. The molecule has 1 aromatic carbocycles. The van der Waals surface area contributed by atoms with Gasteiger partial charge in [0.05, 0.1) is 0 Å². The lowest BCUT2D eigenvalue weighted by Gasteiger charge is -2.37. The summed E-state index contributed by atoms with van der Waals surface area (Å²) in [5.41, 5.74) is 3.65. The van der Waals surface area contributed by atoms with Gasteiger partial charge in [-0.25, -0.2) is 0 Å². The van der Waals surface area contributed by atoms with Crippen LogP contribution in [0.3, 0.4) is 0 Å². The third kappa shape index (κ3) is 7.51. The molecule has 35 heavy (non-hydrogen) atoms. The first-order valence-corrected chi connectivity index (χ1v) is 14.3. The second-order valence-electron chi connectivity index (χ2n) is 14.1.